The molecule has 3 rings (SSSR count). The Balaban J connectivity index is 1.80. The molecule has 1 aromatic rings. The summed E-state index contributed by atoms with van der Waals surface area (Å²) >= 11 is 6.13. The summed E-state index contributed by atoms with van der Waals surface area (Å²) in [6, 6.07) is 0. The van der Waals surface area contributed by atoms with Crippen LogP contribution in [0, 0.1) is 5.92 Å². The number of aromatic nitrogens is 2. The minimum atomic E-state index is -0.112. The molecule has 2 aliphatic rings. The van der Waals surface area contributed by atoms with E-state index in [0.717, 1.165) is 38.9 Å². The number of anilines is 1. The van der Waals surface area contributed by atoms with Gasteiger partial charge in [-0.3, -0.25) is 4.79 Å². The third-order valence-corrected chi connectivity index (χ3v) is 4.51. The molecule has 0 aromatic carbocycles. The van der Waals surface area contributed by atoms with Crippen molar-refractivity contribution in [2.75, 3.05) is 37.6 Å². The summed E-state index contributed by atoms with van der Waals surface area (Å²) in [5.41, 5.74) is 5.99. The molecule has 2 fully saturated rings. The number of carbonyl (C=O) groups is 1. The van der Waals surface area contributed by atoms with Crippen molar-refractivity contribution in [1.82, 2.24) is 14.9 Å². The van der Waals surface area contributed by atoms with E-state index < -0.39 is 0 Å². The summed E-state index contributed by atoms with van der Waals surface area (Å²) in [5, 5.41) is 0.319. The van der Waals surface area contributed by atoms with Crippen molar-refractivity contribution >= 4 is 23.5 Å². The first-order valence-electron chi connectivity index (χ1n) is 7.46. The van der Waals surface area contributed by atoms with E-state index in [2.05, 4.69) is 14.9 Å². The van der Waals surface area contributed by atoms with Crippen LogP contribution in [-0.2, 0) is 0 Å². The van der Waals surface area contributed by atoms with Gasteiger partial charge < -0.3 is 15.5 Å². The van der Waals surface area contributed by atoms with E-state index in [-0.39, 0.29) is 5.91 Å². The third kappa shape index (κ3) is 2.96. The average molecular weight is 310 g/mol. The Morgan fingerprint density at radius 3 is 2.81 bits per heavy atom. The van der Waals surface area contributed by atoms with Gasteiger partial charge in [0.15, 0.2) is 5.69 Å². The van der Waals surface area contributed by atoms with Crippen LogP contribution in [0.4, 0.5) is 5.95 Å². The van der Waals surface area contributed by atoms with Crippen LogP contribution >= 0.6 is 11.6 Å². The molecular weight excluding hydrogens is 290 g/mol. The standard InChI is InChI=1S/C14H20ClN5O/c15-11-8-17-14(19-4-1-2-5-19)18-12(11)13(21)20-6-3-10(7-16)9-20/h8,10H,1-7,9,16H2. The Hall–Kier alpha value is -1.40. The van der Waals surface area contributed by atoms with Crippen LogP contribution < -0.4 is 10.6 Å². The van der Waals surface area contributed by atoms with Crippen LogP contribution in [0.25, 0.3) is 0 Å². The van der Waals surface area contributed by atoms with Crippen molar-refractivity contribution in [3.8, 4) is 0 Å². The van der Waals surface area contributed by atoms with Crippen molar-refractivity contribution in [2.45, 2.75) is 19.3 Å². The van der Waals surface area contributed by atoms with Crippen LogP contribution in [0.1, 0.15) is 29.8 Å². The van der Waals surface area contributed by atoms with E-state index in [9.17, 15) is 4.79 Å². The van der Waals surface area contributed by atoms with Gasteiger partial charge in [0.1, 0.15) is 0 Å². The van der Waals surface area contributed by atoms with Gasteiger partial charge in [-0.15, -0.1) is 0 Å². The van der Waals surface area contributed by atoms with Gasteiger partial charge >= 0.3 is 0 Å². The summed E-state index contributed by atoms with van der Waals surface area (Å²) in [5.74, 6) is 0.876. The number of carbonyl (C=O) groups excluding carboxylic acids is 1. The molecule has 3 heterocycles. The molecule has 2 saturated heterocycles. The van der Waals surface area contributed by atoms with E-state index in [1.54, 1.807) is 4.90 Å². The van der Waals surface area contributed by atoms with Gasteiger partial charge in [-0.1, -0.05) is 11.6 Å². The molecule has 2 N–H and O–H groups in total. The maximum absolute atomic E-state index is 12.6. The molecular formula is C14H20ClN5O. The molecule has 0 radical (unpaired) electrons. The normalized spacial score (nSPS) is 22.1. The highest BCUT2D eigenvalue weighted by Gasteiger charge is 2.29. The van der Waals surface area contributed by atoms with Gasteiger partial charge in [0.2, 0.25) is 5.95 Å². The Bertz CT molecular complexity index is 532. The van der Waals surface area contributed by atoms with Gasteiger partial charge in [0.05, 0.1) is 11.2 Å². The summed E-state index contributed by atoms with van der Waals surface area (Å²) in [6.45, 7) is 3.90. The van der Waals surface area contributed by atoms with Gasteiger partial charge in [0, 0.05) is 26.2 Å². The lowest BCUT2D eigenvalue weighted by molar-refractivity contribution is 0.0782. The second kappa shape index (κ2) is 6.15. The fraction of sp³-hybridized carbons (Fsp3) is 0.643. The van der Waals surface area contributed by atoms with Gasteiger partial charge in [0.25, 0.3) is 5.91 Å². The minimum absolute atomic E-state index is 0.112. The maximum Gasteiger partial charge on any atom is 0.274 e. The summed E-state index contributed by atoms with van der Waals surface area (Å²) in [7, 11) is 0. The Labute approximate surface area is 129 Å². The van der Waals surface area contributed by atoms with Crippen molar-refractivity contribution in [3.63, 3.8) is 0 Å². The molecule has 0 bridgehead atoms. The molecule has 2 aliphatic heterocycles. The zero-order chi connectivity index (χ0) is 14.8. The van der Waals surface area contributed by atoms with E-state index in [0.29, 0.717) is 35.7 Å². The molecule has 6 nitrogen and oxygen atoms in total. The number of nitrogens with two attached hydrogens (primary N) is 1. The van der Waals surface area contributed by atoms with Gasteiger partial charge in [-0.05, 0) is 31.7 Å². The SMILES string of the molecule is NCC1CCN(C(=O)c2nc(N3CCCC3)ncc2Cl)C1. The molecule has 0 aliphatic carbocycles. The summed E-state index contributed by atoms with van der Waals surface area (Å²) < 4.78 is 0. The lowest BCUT2D eigenvalue weighted by atomic mass is 10.1. The Morgan fingerprint density at radius 2 is 2.14 bits per heavy atom. The predicted octanol–water partition coefficient (Wildman–Crippen LogP) is 1.15. The first-order valence-corrected chi connectivity index (χ1v) is 7.83. The number of halogens is 1. The van der Waals surface area contributed by atoms with Crippen molar-refractivity contribution in [1.29, 1.82) is 0 Å². The summed E-state index contributed by atoms with van der Waals surface area (Å²) in [6.07, 6.45) is 4.76. The molecule has 0 saturated carbocycles. The number of hydrogen-bond donors (Lipinski definition) is 1. The largest absolute Gasteiger partial charge is 0.341 e. The lowest BCUT2D eigenvalue weighted by Crippen LogP contribution is -2.31. The van der Waals surface area contributed by atoms with Gasteiger partial charge in [-0.2, -0.15) is 0 Å². The van der Waals surface area contributed by atoms with E-state index >= 15 is 0 Å². The fourth-order valence-corrected chi connectivity index (χ4v) is 3.11. The highest BCUT2D eigenvalue weighted by molar-refractivity contribution is 6.33. The van der Waals surface area contributed by atoms with Gasteiger partial charge in [-0.25, -0.2) is 9.97 Å². The van der Waals surface area contributed by atoms with Crippen LogP contribution in [-0.4, -0.2) is 53.5 Å². The Morgan fingerprint density at radius 1 is 1.38 bits per heavy atom. The molecule has 1 unspecified atom stereocenters. The molecule has 114 valence electrons. The molecule has 7 heteroatoms. The highest BCUT2D eigenvalue weighted by Crippen LogP contribution is 2.23. The molecule has 1 aromatic heterocycles. The minimum Gasteiger partial charge on any atom is -0.341 e. The number of likely N-dealkylation sites (tertiary alicyclic amines) is 1. The second-order valence-corrected chi connectivity index (χ2v) is 6.11. The van der Waals surface area contributed by atoms with E-state index in [4.69, 9.17) is 17.3 Å². The maximum atomic E-state index is 12.6. The van der Waals surface area contributed by atoms with Crippen LogP contribution in [0.15, 0.2) is 6.20 Å². The topological polar surface area (TPSA) is 75.3 Å². The zero-order valence-corrected chi connectivity index (χ0v) is 12.7. The molecule has 1 amide bonds. The quantitative estimate of drug-likeness (QED) is 0.906. The number of nitrogens with zero attached hydrogens (tertiary/aromatic N) is 4. The summed E-state index contributed by atoms with van der Waals surface area (Å²) in [4.78, 5) is 25.1. The number of amides is 1. The number of hydrogen-bond acceptors (Lipinski definition) is 5. The zero-order valence-electron chi connectivity index (χ0n) is 12.0. The van der Waals surface area contributed by atoms with Crippen LogP contribution in [0.5, 0.6) is 0 Å². The average Bonchev–Trinajstić information content (AvgIpc) is 3.18. The molecule has 1 atom stereocenters. The van der Waals surface area contributed by atoms with Crippen molar-refractivity contribution in [2.24, 2.45) is 11.7 Å². The third-order valence-electron chi connectivity index (χ3n) is 4.23. The van der Waals surface area contributed by atoms with E-state index in [1.165, 1.54) is 6.20 Å². The molecule has 0 spiro atoms. The van der Waals surface area contributed by atoms with Crippen LogP contribution in [0.2, 0.25) is 5.02 Å². The van der Waals surface area contributed by atoms with Crippen LogP contribution in [0.3, 0.4) is 0 Å². The van der Waals surface area contributed by atoms with Crippen molar-refractivity contribution in [3.05, 3.63) is 16.9 Å². The predicted molar refractivity (Wildman–Crippen MR) is 81.6 cm³/mol. The number of rotatable bonds is 3. The second-order valence-electron chi connectivity index (χ2n) is 5.70. The van der Waals surface area contributed by atoms with Crippen molar-refractivity contribution < 1.29 is 4.79 Å². The van der Waals surface area contributed by atoms with E-state index in [1.807, 2.05) is 0 Å². The first kappa shape index (κ1) is 14.5. The molecule has 21 heavy (non-hydrogen) atoms. The monoisotopic (exact) mass is 309 g/mol. The smallest absolute Gasteiger partial charge is 0.274 e. The first-order chi connectivity index (χ1) is 10.2. The fourth-order valence-electron chi connectivity index (χ4n) is 2.94. The lowest BCUT2D eigenvalue weighted by Gasteiger charge is -2.19. The highest BCUT2D eigenvalue weighted by atomic mass is 35.5. The Kier molecular flexibility index (Phi) is 4.26.